The first kappa shape index (κ1) is 12.6. The number of halogens is 1. The van der Waals surface area contributed by atoms with E-state index >= 15 is 0 Å². The van der Waals surface area contributed by atoms with Crippen molar-refractivity contribution < 1.29 is 4.39 Å². The summed E-state index contributed by atoms with van der Waals surface area (Å²) >= 11 is 0. The molecule has 1 nitrogen and oxygen atoms in total. The van der Waals surface area contributed by atoms with Crippen molar-refractivity contribution >= 4 is 0 Å². The lowest BCUT2D eigenvalue weighted by Crippen LogP contribution is -2.59. The Morgan fingerprint density at radius 1 is 1.35 bits per heavy atom. The Hall–Kier alpha value is -0.890. The first-order chi connectivity index (χ1) is 7.89. The SMILES string of the molecule is CC(C)(C)CC1(Cc2cccc(F)c2)CCN1. The summed E-state index contributed by atoms with van der Waals surface area (Å²) in [4.78, 5) is 0. The standard InChI is InChI=1S/C15H22FN/c1-14(2,3)11-15(7-8-17-15)10-12-5-4-6-13(16)9-12/h4-6,9,17H,7-8,10-11H2,1-3H3. The molecule has 0 saturated carbocycles. The summed E-state index contributed by atoms with van der Waals surface area (Å²) < 4.78 is 13.2. The summed E-state index contributed by atoms with van der Waals surface area (Å²) in [7, 11) is 0. The van der Waals surface area contributed by atoms with Crippen LogP contribution in [-0.2, 0) is 6.42 Å². The zero-order chi connectivity index (χ0) is 12.5. The van der Waals surface area contributed by atoms with Gasteiger partial charge < -0.3 is 5.32 Å². The Labute approximate surface area is 103 Å². The summed E-state index contributed by atoms with van der Waals surface area (Å²) in [6.45, 7) is 7.88. The predicted molar refractivity (Wildman–Crippen MR) is 69.5 cm³/mol. The lowest BCUT2D eigenvalue weighted by Gasteiger charge is -2.47. The third-order valence-electron chi connectivity index (χ3n) is 3.40. The largest absolute Gasteiger partial charge is 0.311 e. The van der Waals surface area contributed by atoms with Crippen LogP contribution in [0.15, 0.2) is 24.3 Å². The van der Waals surface area contributed by atoms with Gasteiger partial charge in [0.25, 0.3) is 0 Å². The zero-order valence-electron chi connectivity index (χ0n) is 11.0. The molecule has 17 heavy (non-hydrogen) atoms. The first-order valence-electron chi connectivity index (χ1n) is 6.38. The van der Waals surface area contributed by atoms with Crippen LogP contribution in [0.3, 0.4) is 0 Å². The smallest absolute Gasteiger partial charge is 0.123 e. The van der Waals surface area contributed by atoms with Crippen molar-refractivity contribution in [1.82, 2.24) is 5.32 Å². The normalized spacial score (nSPS) is 24.5. The summed E-state index contributed by atoms with van der Waals surface area (Å²) in [5.41, 5.74) is 1.59. The van der Waals surface area contributed by atoms with E-state index in [-0.39, 0.29) is 11.4 Å². The Morgan fingerprint density at radius 2 is 2.06 bits per heavy atom. The van der Waals surface area contributed by atoms with Gasteiger partial charge in [0.2, 0.25) is 0 Å². The molecule has 1 aromatic rings. The molecule has 1 heterocycles. The fraction of sp³-hybridized carbons (Fsp3) is 0.600. The van der Waals surface area contributed by atoms with Crippen molar-refractivity contribution in [2.45, 2.75) is 45.6 Å². The van der Waals surface area contributed by atoms with Gasteiger partial charge in [0.1, 0.15) is 5.82 Å². The molecular formula is C15H22FN. The second-order valence-corrected chi connectivity index (χ2v) is 6.50. The molecule has 1 aliphatic rings. The van der Waals surface area contributed by atoms with Gasteiger partial charge in [-0.25, -0.2) is 4.39 Å². The van der Waals surface area contributed by atoms with Crippen LogP contribution in [0, 0.1) is 11.2 Å². The second kappa shape index (κ2) is 4.41. The van der Waals surface area contributed by atoms with Gasteiger partial charge in [0, 0.05) is 5.54 Å². The minimum atomic E-state index is -0.132. The summed E-state index contributed by atoms with van der Waals surface area (Å²) in [6, 6.07) is 6.99. The van der Waals surface area contributed by atoms with Crippen molar-refractivity contribution in [2.75, 3.05) is 6.54 Å². The van der Waals surface area contributed by atoms with Gasteiger partial charge in [-0.2, -0.15) is 0 Å². The van der Waals surface area contributed by atoms with Gasteiger partial charge in [0.05, 0.1) is 0 Å². The Kier molecular flexibility index (Phi) is 3.26. The molecule has 2 heteroatoms. The average Bonchev–Trinajstić information content (AvgIpc) is 2.12. The number of rotatable bonds is 3. The van der Waals surface area contributed by atoms with Gasteiger partial charge in [0.15, 0.2) is 0 Å². The van der Waals surface area contributed by atoms with Crippen LogP contribution >= 0.6 is 0 Å². The van der Waals surface area contributed by atoms with Crippen LogP contribution < -0.4 is 5.32 Å². The minimum absolute atomic E-state index is 0.132. The topological polar surface area (TPSA) is 12.0 Å². The van der Waals surface area contributed by atoms with Gasteiger partial charge >= 0.3 is 0 Å². The molecule has 1 saturated heterocycles. The van der Waals surface area contributed by atoms with Crippen LogP contribution in [0.4, 0.5) is 4.39 Å². The maximum absolute atomic E-state index is 13.2. The van der Waals surface area contributed by atoms with Crippen molar-refractivity contribution in [3.05, 3.63) is 35.6 Å². The summed E-state index contributed by atoms with van der Waals surface area (Å²) in [6.07, 6.45) is 3.26. The minimum Gasteiger partial charge on any atom is -0.311 e. The van der Waals surface area contributed by atoms with E-state index in [0.29, 0.717) is 5.41 Å². The molecule has 1 unspecified atom stereocenters. The highest BCUT2D eigenvalue weighted by atomic mass is 19.1. The quantitative estimate of drug-likeness (QED) is 0.845. The number of hydrogen-bond donors (Lipinski definition) is 1. The number of hydrogen-bond acceptors (Lipinski definition) is 1. The Balaban J connectivity index is 2.09. The van der Waals surface area contributed by atoms with E-state index < -0.39 is 0 Å². The van der Waals surface area contributed by atoms with E-state index in [9.17, 15) is 4.39 Å². The van der Waals surface area contributed by atoms with E-state index in [4.69, 9.17) is 0 Å². The van der Waals surface area contributed by atoms with Crippen molar-refractivity contribution in [3.8, 4) is 0 Å². The lowest BCUT2D eigenvalue weighted by atomic mass is 9.71. The average molecular weight is 235 g/mol. The highest BCUT2D eigenvalue weighted by Gasteiger charge is 2.39. The van der Waals surface area contributed by atoms with E-state index in [2.05, 4.69) is 26.1 Å². The molecule has 1 aliphatic heterocycles. The molecule has 0 radical (unpaired) electrons. The van der Waals surface area contributed by atoms with Gasteiger partial charge in [-0.1, -0.05) is 32.9 Å². The monoisotopic (exact) mass is 235 g/mol. The second-order valence-electron chi connectivity index (χ2n) is 6.50. The van der Waals surface area contributed by atoms with Crippen LogP contribution in [0.2, 0.25) is 0 Å². The van der Waals surface area contributed by atoms with E-state index in [1.54, 1.807) is 12.1 Å². The lowest BCUT2D eigenvalue weighted by molar-refractivity contribution is 0.132. The molecule has 1 N–H and O–H groups in total. The molecule has 0 spiro atoms. The molecule has 94 valence electrons. The van der Waals surface area contributed by atoms with Crippen molar-refractivity contribution in [2.24, 2.45) is 5.41 Å². The van der Waals surface area contributed by atoms with E-state index in [1.807, 2.05) is 6.07 Å². The van der Waals surface area contributed by atoms with Gasteiger partial charge in [-0.3, -0.25) is 0 Å². The molecule has 0 aromatic heterocycles. The molecule has 0 bridgehead atoms. The molecule has 0 aliphatic carbocycles. The molecule has 1 fully saturated rings. The fourth-order valence-electron chi connectivity index (χ4n) is 2.90. The summed E-state index contributed by atoms with van der Waals surface area (Å²) in [5, 5.41) is 3.56. The maximum atomic E-state index is 13.2. The third-order valence-corrected chi connectivity index (χ3v) is 3.40. The fourth-order valence-corrected chi connectivity index (χ4v) is 2.90. The van der Waals surface area contributed by atoms with Crippen LogP contribution in [0.1, 0.15) is 39.2 Å². The molecule has 1 aromatic carbocycles. The van der Waals surface area contributed by atoms with Gasteiger partial charge in [-0.05, 0) is 48.9 Å². The van der Waals surface area contributed by atoms with Crippen molar-refractivity contribution in [1.29, 1.82) is 0 Å². The first-order valence-corrected chi connectivity index (χ1v) is 6.38. The maximum Gasteiger partial charge on any atom is 0.123 e. The molecule has 2 rings (SSSR count). The molecule has 0 amide bonds. The highest BCUT2D eigenvalue weighted by Crippen LogP contribution is 2.36. The van der Waals surface area contributed by atoms with Crippen LogP contribution in [-0.4, -0.2) is 12.1 Å². The zero-order valence-corrected chi connectivity index (χ0v) is 11.0. The van der Waals surface area contributed by atoms with Crippen LogP contribution in [0.5, 0.6) is 0 Å². The number of benzene rings is 1. The number of nitrogens with one attached hydrogen (secondary N) is 1. The highest BCUT2D eigenvalue weighted by molar-refractivity contribution is 5.21. The Morgan fingerprint density at radius 3 is 2.53 bits per heavy atom. The van der Waals surface area contributed by atoms with Crippen LogP contribution in [0.25, 0.3) is 0 Å². The molecular weight excluding hydrogens is 213 g/mol. The van der Waals surface area contributed by atoms with Gasteiger partial charge in [-0.15, -0.1) is 0 Å². The summed E-state index contributed by atoms with van der Waals surface area (Å²) in [5.74, 6) is -0.132. The Bertz CT molecular complexity index is 388. The van der Waals surface area contributed by atoms with E-state index in [0.717, 1.165) is 24.9 Å². The third kappa shape index (κ3) is 3.29. The predicted octanol–water partition coefficient (Wildman–Crippen LogP) is 3.54. The molecule has 1 atom stereocenters. The van der Waals surface area contributed by atoms with E-state index in [1.165, 1.54) is 12.5 Å². The van der Waals surface area contributed by atoms with Crippen molar-refractivity contribution in [3.63, 3.8) is 0 Å².